The van der Waals surface area contributed by atoms with E-state index in [-0.39, 0.29) is 12.5 Å². The van der Waals surface area contributed by atoms with Crippen LogP contribution in [0.3, 0.4) is 0 Å². The Hall–Kier alpha value is -2.07. The van der Waals surface area contributed by atoms with Crippen LogP contribution in [0.5, 0.6) is 5.75 Å². The molecule has 0 aromatic heterocycles. The van der Waals surface area contributed by atoms with Crippen molar-refractivity contribution in [1.29, 1.82) is 5.26 Å². The summed E-state index contributed by atoms with van der Waals surface area (Å²) < 4.78 is 6.04. The topological polar surface area (TPSA) is 62.1 Å². The van der Waals surface area contributed by atoms with E-state index >= 15 is 0 Å². The van der Waals surface area contributed by atoms with Crippen LogP contribution in [-0.4, -0.2) is 12.5 Å². The van der Waals surface area contributed by atoms with Crippen LogP contribution in [0.25, 0.3) is 0 Å². The number of hydrogen-bond donors (Lipinski definition) is 1. The lowest BCUT2D eigenvalue weighted by molar-refractivity contribution is 0.102. The highest BCUT2D eigenvalue weighted by Gasteiger charge is 2.09. The quantitative estimate of drug-likeness (QED) is 0.830. The van der Waals surface area contributed by atoms with Gasteiger partial charge in [-0.2, -0.15) is 5.26 Å². The molecule has 2 aromatic carbocycles. The number of carbonyl (C=O) groups is 1. The zero-order chi connectivity index (χ0) is 14.4. The van der Waals surface area contributed by atoms with E-state index in [1.54, 1.807) is 30.3 Å². The number of rotatable bonds is 4. The zero-order valence-electron chi connectivity index (χ0n) is 10.5. The molecule has 0 bridgehead atoms. The minimum atomic E-state index is -0.152. The summed E-state index contributed by atoms with van der Waals surface area (Å²) in [7, 11) is 0. The van der Waals surface area contributed by atoms with E-state index in [1.807, 2.05) is 24.3 Å². The van der Waals surface area contributed by atoms with Crippen molar-refractivity contribution in [1.82, 2.24) is 0 Å². The van der Waals surface area contributed by atoms with Gasteiger partial charge in [0, 0.05) is 9.26 Å². The van der Waals surface area contributed by atoms with E-state index in [9.17, 15) is 4.79 Å². The largest absolute Gasteiger partial charge is 0.479 e. The first-order valence-electron chi connectivity index (χ1n) is 5.86. The fraction of sp³-hybridized carbons (Fsp3) is 0.0667. The standard InChI is InChI=1S/C15H11IN2O2/c16-14-4-2-1-3-13(14)15(19)18-11-5-7-12(8-6-11)20-10-9-17/h1-8H,10H2,(H,18,19). The van der Waals surface area contributed by atoms with E-state index in [0.29, 0.717) is 17.0 Å². The third-order valence-electron chi connectivity index (χ3n) is 2.53. The molecule has 2 aromatic rings. The molecule has 0 atom stereocenters. The Morgan fingerprint density at radius 3 is 2.55 bits per heavy atom. The number of amides is 1. The number of ether oxygens (including phenoxy) is 1. The van der Waals surface area contributed by atoms with Crippen LogP contribution < -0.4 is 10.1 Å². The molecule has 0 aliphatic rings. The van der Waals surface area contributed by atoms with Crippen LogP contribution in [0, 0.1) is 14.9 Å². The molecule has 0 spiro atoms. The maximum Gasteiger partial charge on any atom is 0.256 e. The minimum Gasteiger partial charge on any atom is -0.479 e. The molecule has 100 valence electrons. The molecule has 0 radical (unpaired) electrons. The molecule has 0 fully saturated rings. The minimum absolute atomic E-state index is 0.00785. The number of nitrogens with zero attached hydrogens (tertiary/aromatic N) is 1. The molecule has 20 heavy (non-hydrogen) atoms. The fourth-order valence-corrected chi connectivity index (χ4v) is 2.23. The molecule has 0 saturated carbocycles. The van der Waals surface area contributed by atoms with E-state index < -0.39 is 0 Å². The summed E-state index contributed by atoms with van der Waals surface area (Å²) in [5.41, 5.74) is 1.32. The number of nitriles is 1. The summed E-state index contributed by atoms with van der Waals surface area (Å²) in [4.78, 5) is 12.1. The summed E-state index contributed by atoms with van der Waals surface area (Å²) in [5.74, 6) is 0.444. The molecule has 0 saturated heterocycles. The molecule has 2 rings (SSSR count). The Balaban J connectivity index is 2.05. The normalized spacial score (nSPS) is 9.60. The van der Waals surface area contributed by atoms with Crippen molar-refractivity contribution in [3.63, 3.8) is 0 Å². The van der Waals surface area contributed by atoms with Crippen molar-refractivity contribution >= 4 is 34.2 Å². The van der Waals surface area contributed by atoms with Gasteiger partial charge in [0.1, 0.15) is 11.8 Å². The van der Waals surface area contributed by atoms with Crippen LogP contribution in [0.1, 0.15) is 10.4 Å². The number of hydrogen-bond acceptors (Lipinski definition) is 3. The molecule has 1 N–H and O–H groups in total. The second kappa shape index (κ2) is 6.91. The van der Waals surface area contributed by atoms with Crippen molar-refractivity contribution in [3.05, 3.63) is 57.7 Å². The summed E-state index contributed by atoms with van der Waals surface area (Å²) in [6.45, 7) is 0.00785. The van der Waals surface area contributed by atoms with Gasteiger partial charge in [0.15, 0.2) is 6.61 Å². The van der Waals surface area contributed by atoms with Crippen molar-refractivity contribution in [2.75, 3.05) is 11.9 Å². The van der Waals surface area contributed by atoms with Gasteiger partial charge in [-0.25, -0.2) is 0 Å². The lowest BCUT2D eigenvalue weighted by Gasteiger charge is -2.07. The number of carbonyl (C=O) groups excluding carboxylic acids is 1. The lowest BCUT2D eigenvalue weighted by atomic mass is 10.2. The maximum atomic E-state index is 12.1. The van der Waals surface area contributed by atoms with Crippen LogP contribution in [0.15, 0.2) is 48.5 Å². The monoisotopic (exact) mass is 378 g/mol. The molecular formula is C15H11IN2O2. The Morgan fingerprint density at radius 2 is 1.90 bits per heavy atom. The van der Waals surface area contributed by atoms with Crippen LogP contribution in [0.4, 0.5) is 5.69 Å². The van der Waals surface area contributed by atoms with Gasteiger partial charge in [-0.15, -0.1) is 0 Å². The highest BCUT2D eigenvalue weighted by atomic mass is 127. The van der Waals surface area contributed by atoms with Crippen LogP contribution in [0.2, 0.25) is 0 Å². The number of nitrogens with one attached hydrogen (secondary N) is 1. The summed E-state index contributed by atoms with van der Waals surface area (Å²) in [6.07, 6.45) is 0. The number of benzene rings is 2. The summed E-state index contributed by atoms with van der Waals surface area (Å²) in [5, 5.41) is 11.2. The van der Waals surface area contributed by atoms with Crippen LogP contribution >= 0.6 is 22.6 Å². The summed E-state index contributed by atoms with van der Waals surface area (Å²) >= 11 is 2.13. The molecule has 0 aliphatic carbocycles. The van der Waals surface area contributed by atoms with E-state index in [0.717, 1.165) is 3.57 Å². The van der Waals surface area contributed by atoms with E-state index in [2.05, 4.69) is 27.9 Å². The number of anilines is 1. The SMILES string of the molecule is N#CCOc1ccc(NC(=O)c2ccccc2I)cc1. The van der Waals surface area contributed by atoms with Crippen molar-refractivity contribution in [2.45, 2.75) is 0 Å². The average Bonchev–Trinajstić information content (AvgIpc) is 2.47. The Morgan fingerprint density at radius 1 is 1.20 bits per heavy atom. The van der Waals surface area contributed by atoms with Crippen molar-refractivity contribution in [2.24, 2.45) is 0 Å². The smallest absolute Gasteiger partial charge is 0.256 e. The van der Waals surface area contributed by atoms with Gasteiger partial charge in [0.25, 0.3) is 5.91 Å². The first-order chi connectivity index (χ1) is 9.70. The second-order valence-electron chi connectivity index (χ2n) is 3.91. The van der Waals surface area contributed by atoms with Gasteiger partial charge in [0.05, 0.1) is 5.56 Å². The highest BCUT2D eigenvalue weighted by Crippen LogP contribution is 2.18. The third-order valence-corrected chi connectivity index (χ3v) is 3.47. The van der Waals surface area contributed by atoms with Crippen molar-refractivity contribution in [3.8, 4) is 11.8 Å². The maximum absolute atomic E-state index is 12.1. The Kier molecular flexibility index (Phi) is 4.96. The van der Waals surface area contributed by atoms with Gasteiger partial charge >= 0.3 is 0 Å². The Bertz CT molecular complexity index is 648. The van der Waals surface area contributed by atoms with Crippen molar-refractivity contribution < 1.29 is 9.53 Å². The molecular weight excluding hydrogens is 367 g/mol. The van der Waals surface area contributed by atoms with Crippen LogP contribution in [-0.2, 0) is 0 Å². The lowest BCUT2D eigenvalue weighted by Crippen LogP contribution is -2.13. The zero-order valence-corrected chi connectivity index (χ0v) is 12.6. The Labute approximate surface area is 130 Å². The molecule has 0 heterocycles. The molecule has 0 unspecified atom stereocenters. The summed E-state index contributed by atoms with van der Waals surface area (Å²) in [6, 6.07) is 16.2. The molecule has 1 amide bonds. The number of halogens is 1. The van der Waals surface area contributed by atoms with E-state index in [4.69, 9.17) is 10.00 Å². The predicted octanol–water partition coefficient (Wildman–Crippen LogP) is 3.45. The van der Waals surface area contributed by atoms with Gasteiger partial charge in [-0.05, 0) is 59.0 Å². The van der Waals surface area contributed by atoms with E-state index in [1.165, 1.54) is 0 Å². The first-order valence-corrected chi connectivity index (χ1v) is 6.94. The average molecular weight is 378 g/mol. The molecule has 0 aliphatic heterocycles. The second-order valence-corrected chi connectivity index (χ2v) is 5.07. The molecule has 4 nitrogen and oxygen atoms in total. The van der Waals surface area contributed by atoms with Gasteiger partial charge in [0.2, 0.25) is 0 Å². The molecule has 5 heteroatoms. The highest BCUT2D eigenvalue weighted by molar-refractivity contribution is 14.1. The van der Waals surface area contributed by atoms with Gasteiger partial charge < -0.3 is 10.1 Å². The first kappa shape index (κ1) is 14.3. The third kappa shape index (κ3) is 3.71. The fourth-order valence-electron chi connectivity index (χ4n) is 1.59. The van der Waals surface area contributed by atoms with Gasteiger partial charge in [-0.1, -0.05) is 12.1 Å². The predicted molar refractivity (Wildman–Crippen MR) is 84.7 cm³/mol. The van der Waals surface area contributed by atoms with Gasteiger partial charge in [-0.3, -0.25) is 4.79 Å².